The van der Waals surface area contributed by atoms with Crippen molar-refractivity contribution < 1.29 is 8.81 Å². The van der Waals surface area contributed by atoms with Crippen LogP contribution in [0.4, 0.5) is 15.9 Å². The highest BCUT2D eigenvalue weighted by Gasteiger charge is 2.24. The van der Waals surface area contributed by atoms with Crippen LogP contribution in [0, 0.1) is 12.7 Å². The highest BCUT2D eigenvalue weighted by Crippen LogP contribution is 2.37. The average Bonchev–Trinajstić information content (AvgIpc) is 3.46. The van der Waals surface area contributed by atoms with E-state index in [1.54, 1.807) is 16.8 Å². The fourth-order valence-electron chi connectivity index (χ4n) is 3.94. The van der Waals surface area contributed by atoms with Crippen molar-refractivity contribution in [3.05, 3.63) is 53.8 Å². The van der Waals surface area contributed by atoms with Crippen molar-refractivity contribution in [2.75, 3.05) is 5.32 Å². The number of nitrogens with one attached hydrogen (secondary N) is 2. The van der Waals surface area contributed by atoms with Gasteiger partial charge in [0.1, 0.15) is 23.3 Å². The second-order valence-corrected chi connectivity index (χ2v) is 7.74. The van der Waals surface area contributed by atoms with Crippen molar-refractivity contribution >= 4 is 28.1 Å². The zero-order chi connectivity index (χ0) is 21.7. The minimum absolute atomic E-state index is 0.124. The van der Waals surface area contributed by atoms with E-state index >= 15 is 4.39 Å². The SMILES string of the molecule is CCc1oc(-c2cn3ncnc(Nc4cnc5[nH]ccc5c4F)c3c2C(C)C)nc1C. The number of halogens is 1. The maximum absolute atomic E-state index is 15.0. The molecular weight excluding hydrogens is 397 g/mol. The predicted octanol–water partition coefficient (Wildman–Crippen LogP) is 5.14. The van der Waals surface area contributed by atoms with E-state index in [1.165, 1.54) is 12.5 Å². The molecule has 0 amide bonds. The first-order chi connectivity index (χ1) is 15.0. The largest absolute Gasteiger partial charge is 0.441 e. The summed E-state index contributed by atoms with van der Waals surface area (Å²) in [4.78, 5) is 16.2. The molecule has 8 nitrogen and oxygen atoms in total. The number of hydrogen-bond acceptors (Lipinski definition) is 6. The Hall–Kier alpha value is -3.75. The van der Waals surface area contributed by atoms with Crippen LogP contribution in [0.5, 0.6) is 0 Å². The van der Waals surface area contributed by atoms with Gasteiger partial charge in [-0.15, -0.1) is 0 Å². The van der Waals surface area contributed by atoms with E-state index in [1.807, 2.05) is 20.0 Å². The van der Waals surface area contributed by atoms with Gasteiger partial charge in [0.25, 0.3) is 0 Å². The zero-order valence-corrected chi connectivity index (χ0v) is 17.7. The first-order valence-corrected chi connectivity index (χ1v) is 10.2. The number of aromatic nitrogens is 6. The molecule has 0 unspecified atom stereocenters. The Morgan fingerprint density at radius 1 is 1.29 bits per heavy atom. The van der Waals surface area contributed by atoms with Gasteiger partial charge in [0.2, 0.25) is 5.89 Å². The van der Waals surface area contributed by atoms with Gasteiger partial charge in [0, 0.05) is 18.8 Å². The van der Waals surface area contributed by atoms with E-state index in [9.17, 15) is 0 Å². The molecule has 0 fully saturated rings. The Labute approximate surface area is 177 Å². The van der Waals surface area contributed by atoms with Crippen LogP contribution in [0.1, 0.15) is 43.7 Å². The summed E-state index contributed by atoms with van der Waals surface area (Å²) >= 11 is 0. The van der Waals surface area contributed by atoms with Crippen molar-refractivity contribution in [3.63, 3.8) is 0 Å². The molecule has 0 aromatic carbocycles. The van der Waals surface area contributed by atoms with Gasteiger partial charge in [-0.2, -0.15) is 5.10 Å². The van der Waals surface area contributed by atoms with Gasteiger partial charge in [0.15, 0.2) is 11.6 Å². The van der Waals surface area contributed by atoms with Crippen molar-refractivity contribution in [1.82, 2.24) is 29.5 Å². The molecule has 5 aromatic heterocycles. The highest BCUT2D eigenvalue weighted by atomic mass is 19.1. The number of aromatic amines is 1. The molecule has 5 heterocycles. The van der Waals surface area contributed by atoms with Crippen LogP contribution < -0.4 is 5.32 Å². The summed E-state index contributed by atoms with van der Waals surface area (Å²) in [6.45, 7) is 8.14. The van der Waals surface area contributed by atoms with Crippen LogP contribution >= 0.6 is 0 Å². The standard InChI is InChI=1S/C22H22FN7O/c1-5-16-12(4)28-22(31-16)14-9-30-19(17(14)11(2)3)21(26-10-27-30)29-15-8-25-20-13(18(15)23)6-7-24-20/h6-11H,5H2,1-4H3,(H,24,25)(H,26,27,29). The Balaban J connectivity index is 1.68. The molecule has 0 aliphatic rings. The Kier molecular flexibility index (Phi) is 4.46. The molecule has 0 saturated carbocycles. The molecule has 0 radical (unpaired) electrons. The zero-order valence-electron chi connectivity index (χ0n) is 17.7. The van der Waals surface area contributed by atoms with Crippen LogP contribution in [0.25, 0.3) is 28.0 Å². The number of nitrogens with zero attached hydrogens (tertiary/aromatic N) is 5. The molecule has 158 valence electrons. The van der Waals surface area contributed by atoms with E-state index in [2.05, 4.69) is 44.2 Å². The van der Waals surface area contributed by atoms with Crippen LogP contribution in [0.2, 0.25) is 0 Å². The summed E-state index contributed by atoms with van der Waals surface area (Å²) in [7, 11) is 0. The molecule has 0 bridgehead atoms. The minimum atomic E-state index is -0.392. The maximum atomic E-state index is 15.0. The summed E-state index contributed by atoms with van der Waals surface area (Å²) in [5, 5.41) is 7.89. The monoisotopic (exact) mass is 419 g/mol. The van der Waals surface area contributed by atoms with Crippen LogP contribution in [0.15, 0.2) is 35.4 Å². The number of H-pyrrole nitrogens is 1. The van der Waals surface area contributed by atoms with Gasteiger partial charge in [0.05, 0.1) is 28.5 Å². The number of oxazole rings is 1. The van der Waals surface area contributed by atoms with Crippen molar-refractivity contribution in [3.8, 4) is 11.5 Å². The molecular formula is C22H22FN7O. The van der Waals surface area contributed by atoms with E-state index < -0.39 is 5.82 Å². The van der Waals surface area contributed by atoms with Gasteiger partial charge in [-0.05, 0) is 24.5 Å². The third kappa shape index (κ3) is 3.04. The molecule has 0 saturated heterocycles. The number of hydrogen-bond donors (Lipinski definition) is 2. The first kappa shape index (κ1) is 19.2. The van der Waals surface area contributed by atoms with Crippen molar-refractivity contribution in [2.45, 2.75) is 40.0 Å². The summed E-state index contributed by atoms with van der Waals surface area (Å²) in [5.41, 5.74) is 4.18. The average molecular weight is 419 g/mol. The van der Waals surface area contributed by atoms with Crippen LogP contribution in [0.3, 0.4) is 0 Å². The van der Waals surface area contributed by atoms with Gasteiger partial charge >= 0.3 is 0 Å². The van der Waals surface area contributed by atoms with Crippen molar-refractivity contribution in [1.29, 1.82) is 0 Å². The third-order valence-electron chi connectivity index (χ3n) is 5.41. The number of anilines is 2. The Morgan fingerprint density at radius 2 is 2.13 bits per heavy atom. The molecule has 0 atom stereocenters. The van der Waals surface area contributed by atoms with Crippen molar-refractivity contribution in [2.24, 2.45) is 0 Å². The van der Waals surface area contributed by atoms with E-state index in [4.69, 9.17) is 4.42 Å². The molecule has 9 heteroatoms. The van der Waals surface area contributed by atoms with Gasteiger partial charge < -0.3 is 14.7 Å². The lowest BCUT2D eigenvalue weighted by molar-refractivity contribution is 0.521. The summed E-state index contributed by atoms with van der Waals surface area (Å²) in [6, 6.07) is 1.66. The summed E-state index contributed by atoms with van der Waals surface area (Å²) in [5.74, 6) is 1.63. The third-order valence-corrected chi connectivity index (χ3v) is 5.41. The summed E-state index contributed by atoms with van der Waals surface area (Å²) < 4.78 is 22.8. The molecule has 5 aromatic rings. The second kappa shape index (κ2) is 7.19. The quantitative estimate of drug-likeness (QED) is 0.410. The molecule has 0 aliphatic heterocycles. The first-order valence-electron chi connectivity index (χ1n) is 10.2. The number of fused-ring (bicyclic) bond motifs is 2. The molecule has 31 heavy (non-hydrogen) atoms. The number of rotatable bonds is 5. The Bertz CT molecular complexity index is 1410. The second-order valence-electron chi connectivity index (χ2n) is 7.74. The van der Waals surface area contributed by atoms with Gasteiger partial charge in [-0.1, -0.05) is 20.8 Å². The van der Waals surface area contributed by atoms with E-state index in [0.29, 0.717) is 22.7 Å². The van der Waals surface area contributed by atoms with Gasteiger partial charge in [-0.3, -0.25) is 0 Å². The fraction of sp³-hybridized carbons (Fsp3) is 0.273. The highest BCUT2D eigenvalue weighted by molar-refractivity contribution is 5.86. The smallest absolute Gasteiger partial charge is 0.228 e. The lowest BCUT2D eigenvalue weighted by Gasteiger charge is -2.11. The molecule has 0 aliphatic carbocycles. The maximum Gasteiger partial charge on any atom is 0.228 e. The molecule has 0 spiro atoms. The minimum Gasteiger partial charge on any atom is -0.441 e. The topological polar surface area (TPSA) is 96.9 Å². The van der Waals surface area contributed by atoms with Crippen LogP contribution in [-0.4, -0.2) is 29.5 Å². The number of aryl methyl sites for hydroxylation is 2. The van der Waals surface area contributed by atoms with Crippen LogP contribution in [-0.2, 0) is 6.42 Å². The predicted molar refractivity (Wildman–Crippen MR) is 116 cm³/mol. The number of pyridine rings is 1. The lowest BCUT2D eigenvalue weighted by Crippen LogP contribution is -2.03. The van der Waals surface area contributed by atoms with E-state index in [-0.39, 0.29) is 11.6 Å². The van der Waals surface area contributed by atoms with Gasteiger partial charge in [-0.25, -0.2) is 23.9 Å². The Morgan fingerprint density at radius 3 is 2.87 bits per heavy atom. The fourth-order valence-corrected chi connectivity index (χ4v) is 3.94. The normalized spacial score (nSPS) is 11.8. The molecule has 5 rings (SSSR count). The van der Waals surface area contributed by atoms with E-state index in [0.717, 1.165) is 34.5 Å². The molecule has 2 N–H and O–H groups in total. The lowest BCUT2D eigenvalue weighted by atomic mass is 10.00. The summed E-state index contributed by atoms with van der Waals surface area (Å²) in [6.07, 6.45) is 7.20.